The molecule has 2 aliphatic rings. The first kappa shape index (κ1) is 18.5. The van der Waals surface area contributed by atoms with Crippen molar-refractivity contribution in [2.75, 3.05) is 7.11 Å². The molecule has 2 aromatic rings. The zero-order valence-electron chi connectivity index (χ0n) is 16.2. The van der Waals surface area contributed by atoms with Crippen LogP contribution < -0.4 is 10.1 Å². The van der Waals surface area contributed by atoms with Crippen molar-refractivity contribution < 1.29 is 18.8 Å². The van der Waals surface area contributed by atoms with E-state index in [1.165, 1.54) is 13.4 Å². The molecule has 0 spiro atoms. The van der Waals surface area contributed by atoms with Crippen LogP contribution in [0.4, 0.5) is 0 Å². The molecular formula is C20H24N4O4. The Bertz CT molecular complexity index is 894. The second-order valence-electron chi connectivity index (χ2n) is 7.65. The molecule has 8 heteroatoms. The van der Waals surface area contributed by atoms with E-state index in [4.69, 9.17) is 9.26 Å². The maximum Gasteiger partial charge on any atom is 0.274 e. The van der Waals surface area contributed by atoms with Crippen molar-refractivity contribution in [3.8, 4) is 5.75 Å². The van der Waals surface area contributed by atoms with Crippen LogP contribution in [0.2, 0.25) is 0 Å². The van der Waals surface area contributed by atoms with Crippen molar-refractivity contribution in [2.45, 2.75) is 57.2 Å². The highest BCUT2D eigenvalue weighted by atomic mass is 16.5. The molecule has 0 unspecified atom stereocenters. The minimum Gasteiger partial charge on any atom is -0.494 e. The molecule has 4 rings (SSSR count). The fourth-order valence-electron chi connectivity index (χ4n) is 4.38. The highest BCUT2D eigenvalue weighted by Gasteiger charge is 2.50. The van der Waals surface area contributed by atoms with Gasteiger partial charge < -0.3 is 19.5 Å². The van der Waals surface area contributed by atoms with Crippen molar-refractivity contribution in [3.63, 3.8) is 0 Å². The molecule has 0 saturated carbocycles. The van der Waals surface area contributed by atoms with Gasteiger partial charge in [0, 0.05) is 12.2 Å². The molecule has 2 amide bonds. The van der Waals surface area contributed by atoms with Gasteiger partial charge in [-0.2, -0.15) is 0 Å². The predicted octanol–water partition coefficient (Wildman–Crippen LogP) is 2.38. The lowest BCUT2D eigenvalue weighted by Gasteiger charge is -2.25. The number of nitrogens with one attached hydrogen (secondary N) is 1. The number of amides is 2. The topological polar surface area (TPSA) is 97.6 Å². The summed E-state index contributed by atoms with van der Waals surface area (Å²) in [6.07, 6.45) is 5.54. The molecule has 8 nitrogen and oxygen atoms in total. The minimum absolute atomic E-state index is 0.0360. The summed E-state index contributed by atoms with van der Waals surface area (Å²) in [5, 5.41) is 7.04. The van der Waals surface area contributed by atoms with Gasteiger partial charge in [0.1, 0.15) is 17.6 Å². The van der Waals surface area contributed by atoms with Crippen LogP contribution in [-0.4, -0.2) is 52.1 Å². The number of hydrogen-bond acceptors (Lipinski definition) is 6. The van der Waals surface area contributed by atoms with Crippen molar-refractivity contribution in [1.82, 2.24) is 20.4 Å². The Kier molecular flexibility index (Phi) is 4.78. The average molecular weight is 384 g/mol. The van der Waals surface area contributed by atoms with E-state index in [0.717, 1.165) is 19.3 Å². The van der Waals surface area contributed by atoms with Gasteiger partial charge in [0.05, 0.1) is 24.9 Å². The SMILES string of the molecule is COc1cccnc1C(=O)N[C@@H]1C[C@@H]2CC[C@H]1N2C(=O)c1conc1C(C)C. The van der Waals surface area contributed by atoms with Crippen LogP contribution in [0.3, 0.4) is 0 Å². The lowest BCUT2D eigenvalue weighted by Crippen LogP contribution is -2.45. The molecule has 2 fully saturated rings. The van der Waals surface area contributed by atoms with E-state index in [2.05, 4.69) is 15.5 Å². The smallest absolute Gasteiger partial charge is 0.274 e. The Hall–Kier alpha value is -2.90. The van der Waals surface area contributed by atoms with E-state index < -0.39 is 0 Å². The van der Waals surface area contributed by atoms with Gasteiger partial charge in [-0.15, -0.1) is 0 Å². The summed E-state index contributed by atoms with van der Waals surface area (Å²) in [6.45, 7) is 3.97. The van der Waals surface area contributed by atoms with Crippen molar-refractivity contribution >= 4 is 11.8 Å². The minimum atomic E-state index is -0.282. The molecule has 1 N–H and O–H groups in total. The number of rotatable bonds is 5. The number of fused-ring (bicyclic) bond motifs is 2. The maximum atomic E-state index is 13.2. The van der Waals surface area contributed by atoms with Gasteiger partial charge in [0.2, 0.25) is 0 Å². The van der Waals surface area contributed by atoms with E-state index in [9.17, 15) is 9.59 Å². The lowest BCUT2D eigenvalue weighted by molar-refractivity contribution is 0.0714. The van der Waals surface area contributed by atoms with E-state index in [0.29, 0.717) is 17.0 Å². The van der Waals surface area contributed by atoms with Gasteiger partial charge in [0.25, 0.3) is 11.8 Å². The summed E-state index contributed by atoms with van der Waals surface area (Å²) in [5.41, 5.74) is 1.45. The van der Waals surface area contributed by atoms with Crippen LogP contribution in [0, 0.1) is 0 Å². The van der Waals surface area contributed by atoms with Crippen LogP contribution in [-0.2, 0) is 0 Å². The van der Waals surface area contributed by atoms with Gasteiger partial charge in [-0.05, 0) is 37.3 Å². The molecule has 4 heterocycles. The molecule has 0 aliphatic carbocycles. The number of nitrogens with zero attached hydrogens (tertiary/aromatic N) is 3. The van der Waals surface area contributed by atoms with Crippen molar-refractivity contribution in [2.24, 2.45) is 0 Å². The molecule has 0 aromatic carbocycles. The maximum absolute atomic E-state index is 13.2. The zero-order chi connectivity index (χ0) is 19.8. The first-order chi connectivity index (χ1) is 13.5. The van der Waals surface area contributed by atoms with Gasteiger partial charge in [-0.25, -0.2) is 4.98 Å². The quantitative estimate of drug-likeness (QED) is 0.850. The van der Waals surface area contributed by atoms with Gasteiger partial charge in [-0.3, -0.25) is 9.59 Å². The Morgan fingerprint density at radius 2 is 2.18 bits per heavy atom. The predicted molar refractivity (Wildman–Crippen MR) is 100 cm³/mol. The number of carbonyl (C=O) groups excluding carboxylic acids is 2. The fourth-order valence-corrected chi connectivity index (χ4v) is 4.38. The van der Waals surface area contributed by atoms with Crippen LogP contribution in [0.25, 0.3) is 0 Å². The first-order valence-corrected chi connectivity index (χ1v) is 9.58. The van der Waals surface area contributed by atoms with Gasteiger partial charge >= 0.3 is 0 Å². The third-order valence-corrected chi connectivity index (χ3v) is 5.67. The fraction of sp³-hybridized carbons (Fsp3) is 0.500. The summed E-state index contributed by atoms with van der Waals surface area (Å²) < 4.78 is 10.3. The highest BCUT2D eigenvalue weighted by Crippen LogP contribution is 2.39. The lowest BCUT2D eigenvalue weighted by atomic mass is 9.95. The number of aromatic nitrogens is 2. The summed E-state index contributed by atoms with van der Waals surface area (Å²) >= 11 is 0. The molecule has 28 heavy (non-hydrogen) atoms. The Balaban J connectivity index is 1.51. The molecular weight excluding hydrogens is 360 g/mol. The summed E-state index contributed by atoms with van der Waals surface area (Å²) in [7, 11) is 1.51. The Morgan fingerprint density at radius 1 is 1.36 bits per heavy atom. The van der Waals surface area contributed by atoms with Crippen LogP contribution in [0.5, 0.6) is 5.75 Å². The summed E-state index contributed by atoms with van der Waals surface area (Å²) in [4.78, 5) is 31.9. The third kappa shape index (κ3) is 3.02. The van der Waals surface area contributed by atoms with Crippen molar-refractivity contribution in [1.29, 1.82) is 0 Å². The Morgan fingerprint density at radius 3 is 2.93 bits per heavy atom. The van der Waals surface area contributed by atoms with Crippen molar-refractivity contribution in [3.05, 3.63) is 41.5 Å². The Labute approximate surface area is 163 Å². The average Bonchev–Trinajstić information content (AvgIpc) is 3.41. The number of ether oxygens (including phenoxy) is 1. The molecule has 3 atom stereocenters. The molecule has 148 valence electrons. The largest absolute Gasteiger partial charge is 0.494 e. The highest BCUT2D eigenvalue weighted by molar-refractivity contribution is 5.97. The number of carbonyl (C=O) groups is 2. The van der Waals surface area contributed by atoms with Crippen LogP contribution in [0.15, 0.2) is 29.1 Å². The number of pyridine rings is 1. The second kappa shape index (κ2) is 7.26. The van der Waals surface area contributed by atoms with E-state index in [1.807, 2.05) is 18.7 Å². The van der Waals surface area contributed by atoms with Gasteiger partial charge in [0.15, 0.2) is 5.69 Å². The van der Waals surface area contributed by atoms with Crippen LogP contribution >= 0.6 is 0 Å². The number of methoxy groups -OCH3 is 1. The summed E-state index contributed by atoms with van der Waals surface area (Å²) in [6, 6.07) is 3.40. The number of hydrogen-bond donors (Lipinski definition) is 1. The van der Waals surface area contributed by atoms with Gasteiger partial charge in [-0.1, -0.05) is 19.0 Å². The summed E-state index contributed by atoms with van der Waals surface area (Å²) in [5.74, 6) is 0.187. The molecule has 2 saturated heterocycles. The monoisotopic (exact) mass is 384 g/mol. The molecule has 2 aliphatic heterocycles. The van der Waals surface area contributed by atoms with E-state index >= 15 is 0 Å². The zero-order valence-corrected chi connectivity index (χ0v) is 16.2. The normalized spacial score (nSPS) is 23.3. The van der Waals surface area contributed by atoms with E-state index in [1.54, 1.807) is 18.3 Å². The molecule has 0 radical (unpaired) electrons. The first-order valence-electron chi connectivity index (χ1n) is 9.58. The molecule has 2 bridgehead atoms. The standard InChI is InChI=1S/C20H24N4O4/c1-11(2)17-13(10-28-23-17)20(26)24-12-6-7-15(24)14(9-12)22-19(25)18-16(27-3)5-4-8-21-18/h4-5,8,10-12,14-15H,6-7,9H2,1-3H3,(H,22,25)/t12-,14+,15+/m0/s1. The molecule has 2 aromatic heterocycles. The van der Waals surface area contributed by atoms with E-state index in [-0.39, 0.29) is 41.6 Å². The third-order valence-electron chi connectivity index (χ3n) is 5.67. The van der Waals surface area contributed by atoms with Crippen LogP contribution in [0.1, 0.15) is 65.6 Å². The second-order valence-corrected chi connectivity index (χ2v) is 7.65.